The summed E-state index contributed by atoms with van der Waals surface area (Å²) in [5.41, 5.74) is 0.706. The molecule has 0 saturated carbocycles. The van der Waals surface area contributed by atoms with E-state index >= 15 is 0 Å². The standard InChI is InChI=1S/C22H15ClFN3O5S/c23-14-4-2-6-16(10-14)27-33(30,31)17-7-8-20(28)19(11-17)25-22(29)21-12-18(26-32-21)13-3-1-5-15(24)9-13/h1-12,27-28H,(H,25,29). The van der Waals surface area contributed by atoms with Gasteiger partial charge in [-0.25, -0.2) is 12.8 Å². The van der Waals surface area contributed by atoms with Gasteiger partial charge in [0, 0.05) is 16.7 Å². The Morgan fingerprint density at radius 3 is 2.58 bits per heavy atom. The van der Waals surface area contributed by atoms with Gasteiger partial charge in [-0.2, -0.15) is 0 Å². The maximum absolute atomic E-state index is 13.4. The number of aromatic nitrogens is 1. The summed E-state index contributed by atoms with van der Waals surface area (Å²) in [4.78, 5) is 12.3. The Kier molecular flexibility index (Phi) is 6.03. The van der Waals surface area contributed by atoms with Gasteiger partial charge in [0.2, 0.25) is 5.76 Å². The molecule has 4 rings (SSSR count). The summed E-state index contributed by atoms with van der Waals surface area (Å²) in [6.07, 6.45) is 0. The fourth-order valence-corrected chi connectivity index (χ4v) is 4.16. The molecule has 0 spiro atoms. The van der Waals surface area contributed by atoms with E-state index in [1.165, 1.54) is 42.5 Å². The summed E-state index contributed by atoms with van der Waals surface area (Å²) in [7, 11) is -4.05. The lowest BCUT2D eigenvalue weighted by molar-refractivity contribution is 0.0987. The van der Waals surface area contributed by atoms with Gasteiger partial charge in [-0.05, 0) is 48.5 Å². The number of nitrogens with one attached hydrogen (secondary N) is 2. The summed E-state index contributed by atoms with van der Waals surface area (Å²) >= 11 is 5.88. The second-order valence-corrected chi connectivity index (χ2v) is 8.95. The first-order chi connectivity index (χ1) is 15.7. The minimum Gasteiger partial charge on any atom is -0.506 e. The quantitative estimate of drug-likeness (QED) is 0.333. The van der Waals surface area contributed by atoms with Gasteiger partial charge in [0.05, 0.1) is 16.3 Å². The highest BCUT2D eigenvalue weighted by Gasteiger charge is 2.20. The van der Waals surface area contributed by atoms with Crippen LogP contribution in [-0.4, -0.2) is 24.6 Å². The number of hydrogen-bond donors (Lipinski definition) is 3. The second kappa shape index (κ2) is 8.93. The average molecular weight is 488 g/mol. The molecule has 0 unspecified atom stereocenters. The van der Waals surface area contributed by atoms with Crippen molar-refractivity contribution in [1.82, 2.24) is 5.16 Å². The summed E-state index contributed by atoms with van der Waals surface area (Å²) in [5, 5.41) is 16.6. The Morgan fingerprint density at radius 1 is 1.03 bits per heavy atom. The molecule has 0 atom stereocenters. The van der Waals surface area contributed by atoms with Gasteiger partial charge in [-0.1, -0.05) is 35.0 Å². The first kappa shape index (κ1) is 22.3. The number of sulfonamides is 1. The van der Waals surface area contributed by atoms with Gasteiger partial charge in [-0.15, -0.1) is 0 Å². The monoisotopic (exact) mass is 487 g/mol. The van der Waals surface area contributed by atoms with Crippen LogP contribution in [-0.2, 0) is 10.0 Å². The van der Waals surface area contributed by atoms with Crippen LogP contribution in [0.2, 0.25) is 5.02 Å². The number of anilines is 2. The van der Waals surface area contributed by atoms with Crippen LogP contribution in [0.5, 0.6) is 5.75 Å². The number of carbonyl (C=O) groups excluding carboxylic acids is 1. The summed E-state index contributed by atoms with van der Waals surface area (Å²) in [6, 6.07) is 16.4. The third kappa shape index (κ3) is 5.13. The minimum atomic E-state index is -4.05. The van der Waals surface area contributed by atoms with Crippen LogP contribution in [0.1, 0.15) is 10.6 Å². The van der Waals surface area contributed by atoms with Crippen molar-refractivity contribution in [2.45, 2.75) is 4.90 Å². The number of amides is 1. The van der Waals surface area contributed by atoms with Gasteiger partial charge in [0.15, 0.2) is 0 Å². The maximum Gasteiger partial charge on any atom is 0.294 e. The topological polar surface area (TPSA) is 122 Å². The zero-order valence-electron chi connectivity index (χ0n) is 16.6. The Balaban J connectivity index is 1.55. The fraction of sp³-hybridized carbons (Fsp3) is 0. The molecule has 0 saturated heterocycles. The van der Waals surface area contributed by atoms with Crippen LogP contribution < -0.4 is 10.0 Å². The largest absolute Gasteiger partial charge is 0.506 e. The predicted octanol–water partition coefficient (Wildman–Crippen LogP) is 4.89. The molecule has 168 valence electrons. The molecule has 0 aliphatic carbocycles. The zero-order chi connectivity index (χ0) is 23.6. The predicted molar refractivity (Wildman–Crippen MR) is 120 cm³/mol. The smallest absolute Gasteiger partial charge is 0.294 e. The summed E-state index contributed by atoms with van der Waals surface area (Å²) in [6.45, 7) is 0. The van der Waals surface area contributed by atoms with E-state index in [-0.39, 0.29) is 33.5 Å². The van der Waals surface area contributed by atoms with E-state index in [4.69, 9.17) is 16.1 Å². The number of nitrogens with zero attached hydrogens (tertiary/aromatic N) is 1. The molecule has 1 heterocycles. The Hall–Kier alpha value is -3.89. The number of phenols is 1. The number of carbonyl (C=O) groups is 1. The molecule has 1 amide bonds. The van der Waals surface area contributed by atoms with Gasteiger partial charge in [0.25, 0.3) is 15.9 Å². The van der Waals surface area contributed by atoms with E-state index in [2.05, 4.69) is 15.2 Å². The van der Waals surface area contributed by atoms with Crippen molar-refractivity contribution in [2.24, 2.45) is 0 Å². The van der Waals surface area contributed by atoms with Gasteiger partial charge in [0.1, 0.15) is 17.3 Å². The number of rotatable bonds is 6. The third-order valence-electron chi connectivity index (χ3n) is 4.46. The normalized spacial score (nSPS) is 11.2. The van der Waals surface area contributed by atoms with Crippen LogP contribution >= 0.6 is 11.6 Å². The van der Waals surface area contributed by atoms with Crippen molar-refractivity contribution in [2.75, 3.05) is 10.0 Å². The van der Waals surface area contributed by atoms with Gasteiger partial charge < -0.3 is 14.9 Å². The van der Waals surface area contributed by atoms with Crippen LogP contribution in [0.4, 0.5) is 15.8 Å². The SMILES string of the molecule is O=C(Nc1cc(S(=O)(=O)Nc2cccc(Cl)c2)ccc1O)c1cc(-c2cccc(F)c2)no1. The molecule has 0 aliphatic rings. The lowest BCUT2D eigenvalue weighted by atomic mass is 10.1. The van der Waals surface area contributed by atoms with Gasteiger partial charge >= 0.3 is 0 Å². The van der Waals surface area contributed by atoms with E-state index in [1.54, 1.807) is 18.2 Å². The minimum absolute atomic E-state index is 0.169. The van der Waals surface area contributed by atoms with E-state index in [1.807, 2.05) is 0 Å². The molecule has 0 fully saturated rings. The van der Waals surface area contributed by atoms with E-state index in [0.717, 1.165) is 12.1 Å². The number of hydrogen-bond acceptors (Lipinski definition) is 6. The summed E-state index contributed by atoms with van der Waals surface area (Å²) in [5.74, 6) is -1.86. The Morgan fingerprint density at radius 2 is 1.82 bits per heavy atom. The van der Waals surface area contributed by atoms with Gasteiger partial charge in [-0.3, -0.25) is 9.52 Å². The number of phenolic OH excluding ortho intramolecular Hbond substituents is 1. The highest BCUT2D eigenvalue weighted by atomic mass is 35.5. The fourth-order valence-electron chi connectivity index (χ4n) is 2.90. The first-order valence-corrected chi connectivity index (χ1v) is 11.2. The molecule has 11 heteroatoms. The maximum atomic E-state index is 13.4. The van der Waals surface area contributed by atoms with Crippen molar-refractivity contribution in [3.63, 3.8) is 0 Å². The second-order valence-electron chi connectivity index (χ2n) is 6.84. The number of aromatic hydroxyl groups is 1. The van der Waals surface area contributed by atoms with Crippen LogP contribution in [0.15, 0.2) is 82.2 Å². The van der Waals surface area contributed by atoms with Crippen molar-refractivity contribution in [3.05, 3.63) is 89.4 Å². The van der Waals surface area contributed by atoms with Crippen LogP contribution in [0, 0.1) is 5.82 Å². The lowest BCUT2D eigenvalue weighted by Gasteiger charge is -2.11. The molecular weight excluding hydrogens is 473 g/mol. The molecule has 8 nitrogen and oxygen atoms in total. The molecule has 3 aromatic carbocycles. The van der Waals surface area contributed by atoms with E-state index in [0.29, 0.717) is 10.6 Å². The van der Waals surface area contributed by atoms with E-state index < -0.39 is 21.7 Å². The first-order valence-electron chi connectivity index (χ1n) is 9.37. The molecule has 4 aromatic rings. The third-order valence-corrected chi connectivity index (χ3v) is 6.07. The molecule has 0 bridgehead atoms. The van der Waals surface area contributed by atoms with Crippen molar-refractivity contribution in [3.8, 4) is 17.0 Å². The molecule has 1 aromatic heterocycles. The van der Waals surface area contributed by atoms with Crippen molar-refractivity contribution in [1.29, 1.82) is 0 Å². The van der Waals surface area contributed by atoms with Crippen LogP contribution in [0.25, 0.3) is 11.3 Å². The van der Waals surface area contributed by atoms with Crippen molar-refractivity contribution < 1.29 is 27.2 Å². The van der Waals surface area contributed by atoms with E-state index in [9.17, 15) is 22.7 Å². The zero-order valence-corrected chi connectivity index (χ0v) is 18.2. The Bertz CT molecular complexity index is 1460. The molecule has 0 radical (unpaired) electrons. The molecule has 3 N–H and O–H groups in total. The summed E-state index contributed by atoms with van der Waals surface area (Å²) < 4.78 is 46.2. The van der Waals surface area contributed by atoms with Crippen LogP contribution in [0.3, 0.4) is 0 Å². The highest BCUT2D eigenvalue weighted by molar-refractivity contribution is 7.92. The lowest BCUT2D eigenvalue weighted by Crippen LogP contribution is -2.15. The molecular formula is C22H15ClFN3O5S. The molecule has 0 aliphatic heterocycles. The Labute approximate surface area is 192 Å². The number of halogens is 2. The number of benzene rings is 3. The molecule has 33 heavy (non-hydrogen) atoms. The van der Waals surface area contributed by atoms with Crippen molar-refractivity contribution >= 4 is 38.9 Å². The average Bonchev–Trinajstić information content (AvgIpc) is 3.25. The highest BCUT2D eigenvalue weighted by Crippen LogP contribution is 2.29.